The minimum absolute atomic E-state index is 0.444. The molecule has 6 heteroatoms. The molecule has 1 N–H and O–H groups in total. The first kappa shape index (κ1) is 23.6. The summed E-state index contributed by atoms with van der Waals surface area (Å²) < 4.78 is 10.8. The lowest BCUT2D eigenvalue weighted by molar-refractivity contribution is 0.0536. The largest absolute Gasteiger partial charge is 0.382 e. The molecule has 0 aliphatic carbocycles. The molecular formula is C23H40N4O2. The highest BCUT2D eigenvalue weighted by molar-refractivity contribution is 5.80. The molecule has 0 bridgehead atoms. The lowest BCUT2D eigenvalue weighted by atomic mass is 10.0. The van der Waals surface area contributed by atoms with Crippen LogP contribution in [0.2, 0.25) is 0 Å². The molecule has 1 aromatic rings. The highest BCUT2D eigenvalue weighted by atomic mass is 16.5. The summed E-state index contributed by atoms with van der Waals surface area (Å²) in [5.41, 5.74) is 1.38. The van der Waals surface area contributed by atoms with Gasteiger partial charge in [-0.2, -0.15) is 0 Å². The predicted molar refractivity (Wildman–Crippen MR) is 121 cm³/mol. The van der Waals surface area contributed by atoms with E-state index in [1.807, 2.05) is 7.05 Å². The van der Waals surface area contributed by atoms with E-state index in [1.165, 1.54) is 5.56 Å². The molecule has 0 aromatic heterocycles. The first-order chi connectivity index (χ1) is 14.2. The Labute approximate surface area is 177 Å². The number of rotatable bonds is 12. The SMILES string of the molecule is CCN(CC)C(CNC(=NC)N1CCC(COCCOC)C1)Cc1ccccc1. The van der Waals surface area contributed by atoms with E-state index in [9.17, 15) is 0 Å². The van der Waals surface area contributed by atoms with Crippen molar-refractivity contribution in [2.24, 2.45) is 10.9 Å². The van der Waals surface area contributed by atoms with E-state index >= 15 is 0 Å². The minimum Gasteiger partial charge on any atom is -0.382 e. The zero-order valence-electron chi connectivity index (χ0n) is 18.8. The van der Waals surface area contributed by atoms with Gasteiger partial charge in [-0.1, -0.05) is 44.2 Å². The monoisotopic (exact) mass is 404 g/mol. The van der Waals surface area contributed by atoms with E-state index in [0.29, 0.717) is 25.2 Å². The number of hydrogen-bond acceptors (Lipinski definition) is 4. The van der Waals surface area contributed by atoms with Crippen molar-refractivity contribution in [3.8, 4) is 0 Å². The third-order valence-electron chi connectivity index (χ3n) is 5.72. The van der Waals surface area contributed by atoms with Gasteiger partial charge in [-0.25, -0.2) is 0 Å². The molecule has 6 nitrogen and oxygen atoms in total. The number of nitrogens with one attached hydrogen (secondary N) is 1. The fraction of sp³-hybridized carbons (Fsp3) is 0.696. The Bertz CT molecular complexity index is 578. The maximum Gasteiger partial charge on any atom is 0.193 e. The lowest BCUT2D eigenvalue weighted by Gasteiger charge is -2.32. The first-order valence-corrected chi connectivity index (χ1v) is 11.0. The predicted octanol–water partition coefficient (Wildman–Crippen LogP) is 2.50. The molecule has 1 saturated heterocycles. The maximum atomic E-state index is 5.73. The van der Waals surface area contributed by atoms with Crippen molar-refractivity contribution in [2.75, 3.05) is 66.7 Å². The van der Waals surface area contributed by atoms with Crippen LogP contribution in [0.5, 0.6) is 0 Å². The molecule has 2 unspecified atom stereocenters. The van der Waals surface area contributed by atoms with Crippen molar-refractivity contribution in [1.29, 1.82) is 0 Å². The van der Waals surface area contributed by atoms with E-state index in [1.54, 1.807) is 7.11 Å². The van der Waals surface area contributed by atoms with Crippen LogP contribution in [-0.4, -0.2) is 88.5 Å². The molecule has 2 atom stereocenters. The Morgan fingerprint density at radius 2 is 2.00 bits per heavy atom. The second-order valence-electron chi connectivity index (χ2n) is 7.66. The molecule has 1 aromatic carbocycles. The molecule has 29 heavy (non-hydrogen) atoms. The fourth-order valence-electron chi connectivity index (χ4n) is 4.05. The van der Waals surface area contributed by atoms with Crippen LogP contribution in [0.4, 0.5) is 0 Å². The van der Waals surface area contributed by atoms with E-state index in [-0.39, 0.29) is 0 Å². The van der Waals surface area contributed by atoms with Crippen LogP contribution in [0.25, 0.3) is 0 Å². The molecule has 0 saturated carbocycles. The average molecular weight is 405 g/mol. The van der Waals surface area contributed by atoms with E-state index in [4.69, 9.17) is 9.47 Å². The topological polar surface area (TPSA) is 49.3 Å². The second-order valence-corrected chi connectivity index (χ2v) is 7.66. The van der Waals surface area contributed by atoms with Gasteiger partial charge >= 0.3 is 0 Å². The summed E-state index contributed by atoms with van der Waals surface area (Å²) in [5, 5.41) is 3.65. The fourth-order valence-corrected chi connectivity index (χ4v) is 4.05. The van der Waals surface area contributed by atoms with E-state index < -0.39 is 0 Å². The molecule has 1 aliphatic heterocycles. The third-order valence-corrected chi connectivity index (χ3v) is 5.72. The second kappa shape index (κ2) is 13.6. The summed E-state index contributed by atoms with van der Waals surface area (Å²) in [6.45, 7) is 11.7. The number of hydrogen-bond donors (Lipinski definition) is 1. The summed E-state index contributed by atoms with van der Waals surface area (Å²) in [7, 11) is 3.59. The Balaban J connectivity index is 1.87. The number of likely N-dealkylation sites (N-methyl/N-ethyl adjacent to an activating group) is 1. The first-order valence-electron chi connectivity index (χ1n) is 11.0. The molecule has 1 heterocycles. The van der Waals surface area contributed by atoms with Crippen molar-refractivity contribution < 1.29 is 9.47 Å². The minimum atomic E-state index is 0.444. The van der Waals surface area contributed by atoms with Crippen molar-refractivity contribution in [3.63, 3.8) is 0 Å². The Kier molecular flexibility index (Phi) is 11.1. The number of aliphatic imine (C=N–C) groups is 1. The maximum absolute atomic E-state index is 5.73. The molecule has 0 amide bonds. The van der Waals surface area contributed by atoms with Crippen LogP contribution >= 0.6 is 0 Å². The summed E-state index contributed by atoms with van der Waals surface area (Å²) in [4.78, 5) is 9.46. The van der Waals surface area contributed by atoms with Gasteiger partial charge in [0.05, 0.1) is 19.8 Å². The summed E-state index contributed by atoms with van der Waals surface area (Å²) in [6.07, 6.45) is 2.19. The summed E-state index contributed by atoms with van der Waals surface area (Å²) in [5.74, 6) is 1.57. The molecule has 0 radical (unpaired) electrons. The molecule has 164 valence electrons. The van der Waals surface area contributed by atoms with Crippen LogP contribution in [0.15, 0.2) is 35.3 Å². The smallest absolute Gasteiger partial charge is 0.193 e. The van der Waals surface area contributed by atoms with Gasteiger partial charge in [-0.05, 0) is 31.5 Å². The Morgan fingerprint density at radius 1 is 1.24 bits per heavy atom. The Morgan fingerprint density at radius 3 is 2.66 bits per heavy atom. The Hall–Kier alpha value is -1.63. The van der Waals surface area contributed by atoms with Crippen LogP contribution in [0.1, 0.15) is 25.8 Å². The number of ether oxygens (including phenoxy) is 2. The quantitative estimate of drug-likeness (QED) is 0.330. The van der Waals surface area contributed by atoms with Crippen LogP contribution in [-0.2, 0) is 15.9 Å². The van der Waals surface area contributed by atoms with Gasteiger partial charge in [0, 0.05) is 45.8 Å². The van der Waals surface area contributed by atoms with Crippen LogP contribution in [0.3, 0.4) is 0 Å². The number of methoxy groups -OCH3 is 1. The van der Waals surface area contributed by atoms with Gasteiger partial charge in [0.1, 0.15) is 0 Å². The van der Waals surface area contributed by atoms with Crippen molar-refractivity contribution in [2.45, 2.75) is 32.7 Å². The van der Waals surface area contributed by atoms with Crippen molar-refractivity contribution >= 4 is 5.96 Å². The normalized spacial score (nSPS) is 18.4. The van der Waals surface area contributed by atoms with E-state index in [0.717, 1.165) is 58.1 Å². The number of nitrogens with zero attached hydrogens (tertiary/aromatic N) is 3. The molecule has 1 fully saturated rings. The molecule has 0 spiro atoms. The van der Waals surface area contributed by atoms with Gasteiger partial charge in [0.2, 0.25) is 0 Å². The highest BCUT2D eigenvalue weighted by Gasteiger charge is 2.26. The zero-order valence-corrected chi connectivity index (χ0v) is 18.8. The molecular weight excluding hydrogens is 364 g/mol. The van der Waals surface area contributed by atoms with Gasteiger partial charge in [-0.3, -0.25) is 9.89 Å². The van der Waals surface area contributed by atoms with Gasteiger partial charge in [0.15, 0.2) is 5.96 Å². The van der Waals surface area contributed by atoms with Crippen molar-refractivity contribution in [1.82, 2.24) is 15.1 Å². The summed E-state index contributed by atoms with van der Waals surface area (Å²) >= 11 is 0. The van der Waals surface area contributed by atoms with Gasteiger partial charge < -0.3 is 19.7 Å². The van der Waals surface area contributed by atoms with E-state index in [2.05, 4.69) is 64.3 Å². The number of benzene rings is 1. The van der Waals surface area contributed by atoms with Crippen LogP contribution < -0.4 is 5.32 Å². The number of guanidine groups is 1. The average Bonchev–Trinajstić information content (AvgIpc) is 3.22. The highest BCUT2D eigenvalue weighted by Crippen LogP contribution is 2.17. The summed E-state index contributed by atoms with van der Waals surface area (Å²) in [6, 6.07) is 11.2. The van der Waals surface area contributed by atoms with Gasteiger partial charge in [-0.15, -0.1) is 0 Å². The third kappa shape index (κ3) is 7.96. The van der Waals surface area contributed by atoms with Crippen molar-refractivity contribution in [3.05, 3.63) is 35.9 Å². The lowest BCUT2D eigenvalue weighted by Crippen LogP contribution is -2.49. The van der Waals surface area contributed by atoms with Crippen LogP contribution in [0, 0.1) is 5.92 Å². The standard InChI is InChI=1S/C23H40N4O2/c1-5-26(6-2)22(16-20-10-8-7-9-11-20)17-25-23(24-3)27-13-12-21(18-27)19-29-15-14-28-4/h7-11,21-22H,5-6,12-19H2,1-4H3,(H,24,25). The molecule has 1 aliphatic rings. The zero-order chi connectivity index (χ0) is 20.9. The van der Waals surface area contributed by atoms with Gasteiger partial charge in [0.25, 0.3) is 0 Å². The molecule has 2 rings (SSSR count). The number of likely N-dealkylation sites (tertiary alicyclic amines) is 1.